The third-order valence-corrected chi connectivity index (χ3v) is 4.14. The highest BCUT2D eigenvalue weighted by Gasteiger charge is 2.17. The maximum Gasteiger partial charge on any atom is 0.281 e. The molecule has 0 spiro atoms. The van der Waals surface area contributed by atoms with Crippen LogP contribution in [0.25, 0.3) is 5.65 Å². The van der Waals surface area contributed by atoms with E-state index in [-0.39, 0.29) is 28.7 Å². The molecule has 0 fully saturated rings. The predicted octanol–water partition coefficient (Wildman–Crippen LogP) is 3.47. The number of hydrogen-bond acceptors (Lipinski definition) is 10. The van der Waals surface area contributed by atoms with Gasteiger partial charge in [0, 0.05) is 11.6 Å². The molecule has 0 aliphatic heterocycles. The van der Waals surface area contributed by atoms with Gasteiger partial charge in [-0.1, -0.05) is 18.2 Å². The summed E-state index contributed by atoms with van der Waals surface area (Å²) < 4.78 is 1.24. The van der Waals surface area contributed by atoms with Gasteiger partial charge in [-0.05, 0) is 12.1 Å². The fourth-order valence-corrected chi connectivity index (χ4v) is 2.71. The highest BCUT2D eigenvalue weighted by molar-refractivity contribution is 7.13. The Labute approximate surface area is 155 Å². The van der Waals surface area contributed by atoms with Crippen molar-refractivity contribution < 1.29 is 0 Å². The van der Waals surface area contributed by atoms with Gasteiger partial charge in [0.15, 0.2) is 28.7 Å². The second-order valence-electron chi connectivity index (χ2n) is 5.23. The van der Waals surface area contributed by atoms with Gasteiger partial charge in [0.1, 0.15) is 0 Å². The highest BCUT2D eigenvalue weighted by Crippen LogP contribution is 2.31. The number of hydrogen-bond donors (Lipinski definition) is 3. The molecule has 12 heteroatoms. The number of aromatic nitrogens is 4. The Morgan fingerprint density at radius 1 is 1.04 bits per heavy atom. The number of nitrogen functional groups attached to an aromatic ring is 2. The van der Waals surface area contributed by atoms with Crippen molar-refractivity contribution in [1.82, 2.24) is 19.6 Å². The van der Waals surface area contributed by atoms with Crippen LogP contribution >= 0.6 is 11.3 Å². The van der Waals surface area contributed by atoms with Crippen LogP contribution in [0.4, 0.5) is 33.8 Å². The molecule has 0 aliphatic carbocycles. The summed E-state index contributed by atoms with van der Waals surface area (Å²) in [7, 11) is 0. The number of azo groups is 2. The van der Waals surface area contributed by atoms with Gasteiger partial charge in [0.2, 0.25) is 5.13 Å². The number of H-pyrrole nitrogens is 1. The first-order chi connectivity index (χ1) is 13.1. The van der Waals surface area contributed by atoms with Crippen LogP contribution in [0, 0.1) is 0 Å². The van der Waals surface area contributed by atoms with Crippen LogP contribution in [0.5, 0.6) is 0 Å². The Balaban J connectivity index is 1.79. The molecule has 4 aromatic rings. The number of nitrogens with two attached hydrogens (primary N) is 2. The van der Waals surface area contributed by atoms with Crippen molar-refractivity contribution in [3.63, 3.8) is 0 Å². The van der Waals surface area contributed by atoms with E-state index in [4.69, 9.17) is 11.5 Å². The molecule has 0 unspecified atom stereocenters. The summed E-state index contributed by atoms with van der Waals surface area (Å²) in [5, 5.41) is 22.2. The molecular formula is C15H12N10OS. The van der Waals surface area contributed by atoms with Crippen LogP contribution in [0.2, 0.25) is 0 Å². The van der Waals surface area contributed by atoms with Crippen molar-refractivity contribution in [2.75, 3.05) is 11.5 Å². The predicted molar refractivity (Wildman–Crippen MR) is 102 cm³/mol. The SMILES string of the molecule is Nc1nn2c(N)c(N=Nc3ccccc3)c(=O)[nH]c2c1N=Nc1nccs1. The van der Waals surface area contributed by atoms with Crippen LogP contribution in [-0.2, 0) is 0 Å². The Bertz CT molecular complexity index is 1210. The zero-order valence-electron chi connectivity index (χ0n) is 13.6. The van der Waals surface area contributed by atoms with Crippen LogP contribution in [0.3, 0.4) is 0 Å². The van der Waals surface area contributed by atoms with Crippen molar-refractivity contribution >= 4 is 50.8 Å². The first kappa shape index (κ1) is 16.5. The Kier molecular flexibility index (Phi) is 4.14. The topological polar surface area (TPSA) is 165 Å². The largest absolute Gasteiger partial charge is 0.382 e. The average Bonchev–Trinajstić information content (AvgIpc) is 3.29. The summed E-state index contributed by atoms with van der Waals surface area (Å²) in [6, 6.07) is 8.95. The van der Waals surface area contributed by atoms with Gasteiger partial charge in [0.25, 0.3) is 5.56 Å². The lowest BCUT2D eigenvalue weighted by Crippen LogP contribution is -2.12. The lowest BCUT2D eigenvalue weighted by Gasteiger charge is -2.01. The molecule has 1 aromatic carbocycles. The van der Waals surface area contributed by atoms with E-state index in [0.717, 1.165) is 0 Å². The lowest BCUT2D eigenvalue weighted by molar-refractivity contribution is 0.943. The molecule has 0 saturated carbocycles. The fraction of sp³-hybridized carbons (Fsp3) is 0. The van der Waals surface area contributed by atoms with E-state index < -0.39 is 5.56 Å². The first-order valence-electron chi connectivity index (χ1n) is 7.61. The maximum atomic E-state index is 12.4. The van der Waals surface area contributed by atoms with Crippen molar-refractivity contribution in [2.45, 2.75) is 0 Å². The van der Waals surface area contributed by atoms with E-state index in [1.807, 2.05) is 6.07 Å². The molecule has 0 aliphatic rings. The summed E-state index contributed by atoms with van der Waals surface area (Å²) in [6.45, 7) is 0. The molecule has 134 valence electrons. The molecular weight excluding hydrogens is 368 g/mol. The molecule has 0 atom stereocenters. The van der Waals surface area contributed by atoms with E-state index in [1.165, 1.54) is 15.9 Å². The third-order valence-electron chi connectivity index (χ3n) is 3.48. The second kappa shape index (κ2) is 6.76. The Morgan fingerprint density at radius 3 is 2.56 bits per heavy atom. The normalized spacial score (nSPS) is 11.9. The Morgan fingerprint density at radius 2 is 1.81 bits per heavy atom. The number of anilines is 2. The zero-order valence-corrected chi connectivity index (χ0v) is 14.5. The van der Waals surface area contributed by atoms with Crippen molar-refractivity contribution in [2.24, 2.45) is 20.5 Å². The number of thiazole rings is 1. The zero-order chi connectivity index (χ0) is 18.8. The minimum absolute atomic E-state index is 0.0178. The molecule has 27 heavy (non-hydrogen) atoms. The van der Waals surface area contributed by atoms with Gasteiger partial charge in [-0.15, -0.1) is 31.8 Å². The minimum atomic E-state index is -0.551. The summed E-state index contributed by atoms with van der Waals surface area (Å²) in [5.74, 6) is 0.0330. The summed E-state index contributed by atoms with van der Waals surface area (Å²) in [5.41, 5.74) is 12.3. The van der Waals surface area contributed by atoms with Gasteiger partial charge in [-0.25, -0.2) is 4.98 Å². The average molecular weight is 380 g/mol. The second-order valence-corrected chi connectivity index (χ2v) is 6.11. The van der Waals surface area contributed by atoms with Crippen LogP contribution in [-0.4, -0.2) is 19.6 Å². The quantitative estimate of drug-likeness (QED) is 0.460. The van der Waals surface area contributed by atoms with Gasteiger partial charge < -0.3 is 16.5 Å². The van der Waals surface area contributed by atoms with Crippen LogP contribution < -0.4 is 17.0 Å². The maximum absolute atomic E-state index is 12.4. The highest BCUT2D eigenvalue weighted by atomic mass is 32.1. The summed E-state index contributed by atoms with van der Waals surface area (Å²) in [4.78, 5) is 19.0. The van der Waals surface area contributed by atoms with Gasteiger partial charge in [-0.2, -0.15) is 9.63 Å². The first-order valence-corrected chi connectivity index (χ1v) is 8.49. The van der Waals surface area contributed by atoms with E-state index in [9.17, 15) is 4.79 Å². The van der Waals surface area contributed by atoms with Crippen molar-refractivity contribution in [3.05, 3.63) is 52.3 Å². The molecule has 11 nitrogen and oxygen atoms in total. The summed E-state index contributed by atoms with van der Waals surface area (Å²) in [6.07, 6.45) is 1.60. The molecule has 0 saturated heterocycles. The van der Waals surface area contributed by atoms with Crippen molar-refractivity contribution in [3.8, 4) is 0 Å². The number of rotatable bonds is 4. The molecule has 0 radical (unpaired) electrons. The van der Waals surface area contributed by atoms with Crippen LogP contribution in [0.1, 0.15) is 0 Å². The number of fused-ring (bicyclic) bond motifs is 1. The van der Waals surface area contributed by atoms with E-state index in [1.54, 1.807) is 35.8 Å². The summed E-state index contributed by atoms with van der Waals surface area (Å²) >= 11 is 1.31. The monoisotopic (exact) mass is 380 g/mol. The minimum Gasteiger partial charge on any atom is -0.382 e. The standard InChI is InChI=1S/C15H12N10OS/c16-11-9(21-23-15-18-6-7-27-15)13-19-14(26)10(12(17)25(13)24-11)22-20-8-4-2-1-3-5-8/h1-7H,17H2,(H2,16,24)(H,19,26). The van der Waals surface area contributed by atoms with Gasteiger partial charge in [0.05, 0.1) is 5.69 Å². The number of aromatic amines is 1. The molecule has 3 heterocycles. The smallest absolute Gasteiger partial charge is 0.281 e. The van der Waals surface area contributed by atoms with Crippen molar-refractivity contribution in [1.29, 1.82) is 0 Å². The van der Waals surface area contributed by atoms with Gasteiger partial charge in [-0.3, -0.25) is 4.79 Å². The van der Waals surface area contributed by atoms with E-state index >= 15 is 0 Å². The molecule has 0 amide bonds. The number of nitrogens with zero attached hydrogens (tertiary/aromatic N) is 7. The number of nitrogens with one attached hydrogen (secondary N) is 1. The fourth-order valence-electron chi connectivity index (χ4n) is 2.25. The van der Waals surface area contributed by atoms with E-state index in [0.29, 0.717) is 10.8 Å². The number of benzene rings is 1. The molecule has 5 N–H and O–H groups in total. The Hall–Kier alpha value is -3.93. The molecule has 0 bridgehead atoms. The molecule has 3 aromatic heterocycles. The lowest BCUT2D eigenvalue weighted by atomic mass is 10.3. The molecule has 4 rings (SSSR count). The third kappa shape index (κ3) is 3.16. The van der Waals surface area contributed by atoms with Gasteiger partial charge >= 0.3 is 0 Å². The van der Waals surface area contributed by atoms with E-state index in [2.05, 4.69) is 35.5 Å². The van der Waals surface area contributed by atoms with Crippen LogP contribution in [0.15, 0.2) is 67.2 Å².